The number of imidazole rings is 1. The summed E-state index contributed by atoms with van der Waals surface area (Å²) in [4.78, 5) is 4.68. The van der Waals surface area contributed by atoms with Crippen molar-refractivity contribution < 1.29 is 0 Å². The van der Waals surface area contributed by atoms with Crippen LogP contribution in [0, 0.1) is 0 Å². The number of anilines is 1. The van der Waals surface area contributed by atoms with Crippen molar-refractivity contribution in [1.29, 1.82) is 0 Å². The highest BCUT2D eigenvalue weighted by atomic mass is 35.5. The molecular formula is C17H16ClN3. The molecule has 1 N–H and O–H groups in total. The van der Waals surface area contributed by atoms with E-state index in [4.69, 9.17) is 11.6 Å². The number of aryl methyl sites for hydroxylation is 1. The molecule has 4 rings (SSSR count). The number of alkyl halides is 1. The van der Waals surface area contributed by atoms with Crippen molar-refractivity contribution in [3.05, 3.63) is 59.7 Å². The second-order valence-electron chi connectivity index (χ2n) is 5.52. The summed E-state index contributed by atoms with van der Waals surface area (Å²) >= 11 is 6.54. The van der Waals surface area contributed by atoms with Gasteiger partial charge in [-0.25, -0.2) is 4.98 Å². The van der Waals surface area contributed by atoms with Crippen LogP contribution in [0.2, 0.25) is 0 Å². The SMILES string of the molecule is Cn1c(NC2c3ccccc3CC2Cl)nc2ccccc21. The number of fused-ring (bicyclic) bond motifs is 2. The number of nitrogens with one attached hydrogen (secondary N) is 1. The smallest absolute Gasteiger partial charge is 0.204 e. The molecule has 0 spiro atoms. The normalized spacial score (nSPS) is 20.7. The highest BCUT2D eigenvalue weighted by molar-refractivity contribution is 6.21. The van der Waals surface area contributed by atoms with Gasteiger partial charge in [0.15, 0.2) is 0 Å². The van der Waals surface area contributed by atoms with Gasteiger partial charge in [-0.15, -0.1) is 11.6 Å². The Hall–Kier alpha value is -2.00. The highest BCUT2D eigenvalue weighted by Gasteiger charge is 2.31. The molecule has 0 radical (unpaired) electrons. The summed E-state index contributed by atoms with van der Waals surface area (Å²) in [6.45, 7) is 0. The minimum absolute atomic E-state index is 0.0576. The van der Waals surface area contributed by atoms with Crippen LogP contribution in [-0.4, -0.2) is 14.9 Å². The lowest BCUT2D eigenvalue weighted by molar-refractivity contribution is 0.750. The topological polar surface area (TPSA) is 29.9 Å². The molecule has 0 saturated carbocycles. The molecule has 0 fully saturated rings. The van der Waals surface area contributed by atoms with Gasteiger partial charge in [-0.1, -0.05) is 36.4 Å². The van der Waals surface area contributed by atoms with Gasteiger partial charge in [0, 0.05) is 7.05 Å². The van der Waals surface area contributed by atoms with Crippen LogP contribution in [0.1, 0.15) is 17.2 Å². The number of para-hydroxylation sites is 2. The van der Waals surface area contributed by atoms with Crippen molar-refractivity contribution >= 4 is 28.6 Å². The molecule has 1 aliphatic carbocycles. The van der Waals surface area contributed by atoms with E-state index >= 15 is 0 Å². The molecule has 1 aliphatic rings. The monoisotopic (exact) mass is 297 g/mol. The second-order valence-corrected chi connectivity index (χ2v) is 6.08. The average molecular weight is 298 g/mol. The second kappa shape index (κ2) is 4.78. The van der Waals surface area contributed by atoms with Gasteiger partial charge in [0.2, 0.25) is 5.95 Å². The minimum atomic E-state index is 0.0576. The van der Waals surface area contributed by atoms with Crippen LogP contribution in [0.4, 0.5) is 5.95 Å². The van der Waals surface area contributed by atoms with E-state index in [0.717, 1.165) is 23.4 Å². The van der Waals surface area contributed by atoms with Crippen LogP contribution >= 0.6 is 11.6 Å². The fraction of sp³-hybridized carbons (Fsp3) is 0.235. The number of halogens is 1. The van der Waals surface area contributed by atoms with E-state index in [-0.39, 0.29) is 11.4 Å². The van der Waals surface area contributed by atoms with Crippen LogP contribution in [0.5, 0.6) is 0 Å². The van der Waals surface area contributed by atoms with Crippen molar-refractivity contribution in [2.24, 2.45) is 7.05 Å². The number of benzene rings is 2. The van der Waals surface area contributed by atoms with E-state index in [1.807, 2.05) is 25.2 Å². The zero-order chi connectivity index (χ0) is 14.4. The van der Waals surface area contributed by atoms with Crippen molar-refractivity contribution in [3.63, 3.8) is 0 Å². The van der Waals surface area contributed by atoms with Crippen LogP contribution in [0.25, 0.3) is 11.0 Å². The van der Waals surface area contributed by atoms with Gasteiger partial charge >= 0.3 is 0 Å². The average Bonchev–Trinajstić information content (AvgIpc) is 2.99. The molecule has 2 aromatic carbocycles. The fourth-order valence-corrected chi connectivity index (χ4v) is 3.49. The lowest BCUT2D eigenvalue weighted by Gasteiger charge is -2.18. The Balaban J connectivity index is 1.73. The number of rotatable bonds is 2. The molecule has 2 unspecified atom stereocenters. The van der Waals surface area contributed by atoms with Crippen LogP contribution in [0.3, 0.4) is 0 Å². The maximum Gasteiger partial charge on any atom is 0.204 e. The number of hydrogen-bond donors (Lipinski definition) is 1. The Morgan fingerprint density at radius 3 is 2.76 bits per heavy atom. The van der Waals surface area contributed by atoms with Crippen molar-refractivity contribution in [1.82, 2.24) is 9.55 Å². The molecule has 2 atom stereocenters. The van der Waals surface area contributed by atoms with Gasteiger partial charge < -0.3 is 9.88 Å². The van der Waals surface area contributed by atoms with E-state index in [2.05, 4.69) is 45.2 Å². The molecular weight excluding hydrogens is 282 g/mol. The van der Waals surface area contributed by atoms with E-state index in [0.29, 0.717) is 0 Å². The molecule has 0 aliphatic heterocycles. The number of aromatic nitrogens is 2. The summed E-state index contributed by atoms with van der Waals surface area (Å²) in [5, 5.41) is 3.58. The third-order valence-corrected chi connectivity index (χ3v) is 4.64. The van der Waals surface area contributed by atoms with Gasteiger partial charge in [-0.05, 0) is 29.7 Å². The molecule has 1 aromatic heterocycles. The minimum Gasteiger partial charge on any atom is -0.347 e. The predicted octanol–water partition coefficient (Wildman–Crippen LogP) is 3.89. The lowest BCUT2D eigenvalue weighted by atomic mass is 10.1. The molecule has 0 amide bonds. The van der Waals surface area contributed by atoms with Gasteiger partial charge in [0.25, 0.3) is 0 Å². The molecule has 21 heavy (non-hydrogen) atoms. The maximum atomic E-state index is 6.54. The zero-order valence-corrected chi connectivity index (χ0v) is 12.5. The van der Waals surface area contributed by atoms with Gasteiger partial charge in [-0.3, -0.25) is 0 Å². The first-order valence-corrected chi connectivity index (χ1v) is 7.57. The Morgan fingerprint density at radius 1 is 1.14 bits per heavy atom. The maximum absolute atomic E-state index is 6.54. The van der Waals surface area contributed by atoms with E-state index in [1.165, 1.54) is 11.1 Å². The lowest BCUT2D eigenvalue weighted by Crippen LogP contribution is -2.18. The Labute approximate surface area is 128 Å². The number of hydrogen-bond acceptors (Lipinski definition) is 2. The van der Waals surface area contributed by atoms with Crippen LogP contribution in [0.15, 0.2) is 48.5 Å². The summed E-state index contributed by atoms with van der Waals surface area (Å²) in [5.74, 6) is 0.864. The van der Waals surface area contributed by atoms with E-state index in [1.54, 1.807) is 0 Å². The summed E-state index contributed by atoms with van der Waals surface area (Å²) in [5.41, 5.74) is 4.73. The summed E-state index contributed by atoms with van der Waals surface area (Å²) in [6, 6.07) is 16.7. The van der Waals surface area contributed by atoms with Crippen LogP contribution < -0.4 is 5.32 Å². The van der Waals surface area contributed by atoms with Crippen molar-refractivity contribution in [2.75, 3.05) is 5.32 Å². The quantitative estimate of drug-likeness (QED) is 0.727. The van der Waals surface area contributed by atoms with E-state index in [9.17, 15) is 0 Å². The summed E-state index contributed by atoms with van der Waals surface area (Å²) < 4.78 is 2.08. The highest BCUT2D eigenvalue weighted by Crippen LogP contribution is 2.37. The first kappa shape index (κ1) is 12.7. The third-order valence-electron chi connectivity index (χ3n) is 4.24. The molecule has 3 aromatic rings. The molecule has 4 heteroatoms. The first-order chi connectivity index (χ1) is 10.2. The largest absolute Gasteiger partial charge is 0.347 e. The van der Waals surface area contributed by atoms with E-state index < -0.39 is 0 Å². The van der Waals surface area contributed by atoms with Gasteiger partial charge in [0.1, 0.15) is 0 Å². The first-order valence-electron chi connectivity index (χ1n) is 7.14. The van der Waals surface area contributed by atoms with Gasteiger partial charge in [0.05, 0.1) is 22.5 Å². The predicted molar refractivity (Wildman–Crippen MR) is 86.9 cm³/mol. The van der Waals surface area contributed by atoms with Crippen molar-refractivity contribution in [3.8, 4) is 0 Å². The molecule has 106 valence electrons. The van der Waals surface area contributed by atoms with Gasteiger partial charge in [-0.2, -0.15) is 0 Å². The van der Waals surface area contributed by atoms with Crippen molar-refractivity contribution in [2.45, 2.75) is 17.8 Å². The molecule has 0 saturated heterocycles. The zero-order valence-electron chi connectivity index (χ0n) is 11.8. The standard InChI is InChI=1S/C17H16ClN3/c1-21-15-9-5-4-8-14(15)19-17(21)20-16-12-7-3-2-6-11(12)10-13(16)18/h2-9,13,16H,10H2,1H3,(H,19,20). The molecule has 0 bridgehead atoms. The Morgan fingerprint density at radius 2 is 1.90 bits per heavy atom. The summed E-state index contributed by atoms with van der Waals surface area (Å²) in [6.07, 6.45) is 0.902. The fourth-order valence-electron chi connectivity index (χ4n) is 3.13. The third kappa shape index (κ3) is 2.00. The van der Waals surface area contributed by atoms with Crippen LogP contribution in [-0.2, 0) is 13.5 Å². The molecule has 3 nitrogen and oxygen atoms in total. The molecule has 1 heterocycles. The number of nitrogens with zero attached hydrogens (tertiary/aromatic N) is 2. The Kier molecular flexibility index (Phi) is 2.89. The summed E-state index contributed by atoms with van der Waals surface area (Å²) in [7, 11) is 2.03. The Bertz CT molecular complexity index is 809.